The van der Waals surface area contributed by atoms with Gasteiger partial charge >= 0.3 is 5.97 Å². The predicted octanol–water partition coefficient (Wildman–Crippen LogP) is 2.13. The fraction of sp³-hybridized carbons (Fsp3) is 0. The second-order valence-electron chi connectivity index (χ2n) is 4.26. The summed E-state index contributed by atoms with van der Waals surface area (Å²) < 4.78 is 14.7. The Labute approximate surface area is 117 Å². The molecule has 0 radical (unpaired) electrons. The zero-order valence-corrected chi connectivity index (χ0v) is 10.5. The quantitative estimate of drug-likeness (QED) is 0.777. The van der Waals surface area contributed by atoms with Gasteiger partial charge in [-0.1, -0.05) is 11.3 Å². The van der Waals surface area contributed by atoms with Crippen LogP contribution in [0.2, 0.25) is 0 Å². The van der Waals surface area contributed by atoms with Crippen molar-refractivity contribution in [2.24, 2.45) is 0 Å². The summed E-state index contributed by atoms with van der Waals surface area (Å²) in [7, 11) is 0. The van der Waals surface area contributed by atoms with E-state index in [1.165, 1.54) is 22.9 Å². The van der Waals surface area contributed by atoms with Gasteiger partial charge in [0.25, 0.3) is 0 Å². The Morgan fingerprint density at radius 3 is 2.86 bits per heavy atom. The van der Waals surface area contributed by atoms with Gasteiger partial charge in [-0.3, -0.25) is 0 Å². The van der Waals surface area contributed by atoms with Crippen molar-refractivity contribution < 1.29 is 14.3 Å². The predicted molar refractivity (Wildman–Crippen MR) is 70.5 cm³/mol. The number of nitrogens with zero attached hydrogens (tertiary/aromatic N) is 4. The van der Waals surface area contributed by atoms with Gasteiger partial charge in [0.05, 0.1) is 22.3 Å². The lowest BCUT2D eigenvalue weighted by Gasteiger charge is -2.03. The molecule has 21 heavy (non-hydrogen) atoms. The first-order chi connectivity index (χ1) is 10.1. The van der Waals surface area contributed by atoms with Crippen LogP contribution in [0.25, 0.3) is 16.7 Å². The van der Waals surface area contributed by atoms with Crippen LogP contribution in [0.3, 0.4) is 0 Å². The van der Waals surface area contributed by atoms with Crippen molar-refractivity contribution in [3.05, 3.63) is 53.3 Å². The van der Waals surface area contributed by atoms with Crippen LogP contribution < -0.4 is 0 Å². The Morgan fingerprint density at radius 2 is 2.14 bits per heavy atom. The minimum absolute atomic E-state index is 0.0290. The lowest BCUT2D eigenvalue weighted by Crippen LogP contribution is -1.99. The molecule has 0 atom stereocenters. The van der Waals surface area contributed by atoms with Crippen molar-refractivity contribution in [3.63, 3.8) is 0 Å². The number of carboxylic acids is 1. The molecule has 1 N–H and O–H groups in total. The van der Waals surface area contributed by atoms with Gasteiger partial charge in [-0.25, -0.2) is 13.9 Å². The smallest absolute Gasteiger partial charge is 0.338 e. The van der Waals surface area contributed by atoms with Crippen LogP contribution in [-0.4, -0.2) is 26.1 Å². The number of hydrogen-bond donors (Lipinski definition) is 1. The van der Waals surface area contributed by atoms with E-state index in [9.17, 15) is 9.18 Å². The number of nitriles is 1. The minimum Gasteiger partial charge on any atom is -0.478 e. The number of benzene rings is 2. The molecule has 0 spiro atoms. The third-order valence-corrected chi connectivity index (χ3v) is 3.02. The molecule has 0 saturated heterocycles. The van der Waals surface area contributed by atoms with Crippen molar-refractivity contribution >= 4 is 17.0 Å². The molecule has 0 bridgehead atoms. The number of carbonyl (C=O) groups is 1. The molecule has 0 aliphatic carbocycles. The van der Waals surface area contributed by atoms with E-state index in [0.29, 0.717) is 11.2 Å². The van der Waals surface area contributed by atoms with E-state index in [1.807, 2.05) is 0 Å². The molecular weight excluding hydrogens is 275 g/mol. The van der Waals surface area contributed by atoms with Crippen LogP contribution in [0, 0.1) is 17.1 Å². The normalized spacial score (nSPS) is 10.5. The molecule has 1 aromatic heterocycles. The Kier molecular flexibility index (Phi) is 2.84. The van der Waals surface area contributed by atoms with Gasteiger partial charge in [-0.2, -0.15) is 5.26 Å². The standard InChI is InChI=1S/C14H7FN4O2/c15-11-5-4-9(6-8(11)7-16)19-12-3-1-2-10(14(20)21)13(12)17-18-19/h1-6H,(H,20,21). The average molecular weight is 282 g/mol. The monoisotopic (exact) mass is 282 g/mol. The Balaban J connectivity index is 2.25. The Bertz CT molecular complexity index is 911. The van der Waals surface area contributed by atoms with E-state index in [1.54, 1.807) is 18.2 Å². The summed E-state index contributed by atoms with van der Waals surface area (Å²) in [5.41, 5.74) is 1.03. The van der Waals surface area contributed by atoms with Crippen LogP contribution >= 0.6 is 0 Å². The largest absolute Gasteiger partial charge is 0.478 e. The number of hydrogen-bond acceptors (Lipinski definition) is 4. The van der Waals surface area contributed by atoms with Crippen molar-refractivity contribution in [1.29, 1.82) is 5.26 Å². The molecule has 0 aliphatic rings. The summed E-state index contributed by atoms with van der Waals surface area (Å²) in [5.74, 6) is -1.73. The van der Waals surface area contributed by atoms with Crippen LogP contribution in [0.4, 0.5) is 4.39 Å². The van der Waals surface area contributed by atoms with E-state index in [0.717, 1.165) is 6.07 Å². The lowest BCUT2D eigenvalue weighted by molar-refractivity contribution is 0.0699. The van der Waals surface area contributed by atoms with E-state index in [4.69, 9.17) is 10.4 Å². The number of halogens is 1. The number of aromatic nitrogens is 3. The zero-order chi connectivity index (χ0) is 15.0. The molecule has 7 heteroatoms. The van der Waals surface area contributed by atoms with Gasteiger partial charge in [0.15, 0.2) is 0 Å². The maximum atomic E-state index is 13.3. The molecule has 3 rings (SSSR count). The first-order valence-corrected chi connectivity index (χ1v) is 5.89. The van der Waals surface area contributed by atoms with Crippen molar-refractivity contribution in [3.8, 4) is 11.8 Å². The van der Waals surface area contributed by atoms with Crippen molar-refractivity contribution in [1.82, 2.24) is 15.0 Å². The maximum absolute atomic E-state index is 13.3. The number of fused-ring (bicyclic) bond motifs is 1. The third kappa shape index (κ3) is 1.99. The molecular formula is C14H7FN4O2. The van der Waals surface area contributed by atoms with Crippen LogP contribution in [0.1, 0.15) is 15.9 Å². The summed E-state index contributed by atoms with van der Waals surface area (Å²) in [6.45, 7) is 0. The van der Waals surface area contributed by atoms with Gasteiger partial charge in [0.1, 0.15) is 17.4 Å². The topological polar surface area (TPSA) is 91.8 Å². The second kappa shape index (κ2) is 4.68. The Hall–Kier alpha value is -3.27. The van der Waals surface area contributed by atoms with Crippen LogP contribution in [0.5, 0.6) is 0 Å². The fourth-order valence-electron chi connectivity index (χ4n) is 2.04. The molecule has 102 valence electrons. The highest BCUT2D eigenvalue weighted by Crippen LogP contribution is 2.21. The third-order valence-electron chi connectivity index (χ3n) is 3.02. The lowest BCUT2D eigenvalue weighted by atomic mass is 10.1. The van der Waals surface area contributed by atoms with E-state index >= 15 is 0 Å². The molecule has 2 aromatic carbocycles. The highest BCUT2D eigenvalue weighted by molar-refractivity contribution is 6.00. The van der Waals surface area contributed by atoms with Gasteiger partial charge in [-0.05, 0) is 30.3 Å². The van der Waals surface area contributed by atoms with Crippen LogP contribution in [-0.2, 0) is 0 Å². The van der Waals surface area contributed by atoms with E-state index in [-0.39, 0.29) is 16.6 Å². The molecule has 1 heterocycles. The summed E-state index contributed by atoms with van der Waals surface area (Å²) >= 11 is 0. The highest BCUT2D eigenvalue weighted by atomic mass is 19.1. The first-order valence-electron chi connectivity index (χ1n) is 5.89. The number of rotatable bonds is 2. The highest BCUT2D eigenvalue weighted by Gasteiger charge is 2.15. The van der Waals surface area contributed by atoms with Crippen molar-refractivity contribution in [2.75, 3.05) is 0 Å². The summed E-state index contributed by atoms with van der Waals surface area (Å²) in [6.07, 6.45) is 0. The minimum atomic E-state index is -1.11. The molecule has 0 saturated carbocycles. The molecule has 6 nitrogen and oxygen atoms in total. The molecule has 0 aliphatic heterocycles. The molecule has 0 unspecified atom stereocenters. The molecule has 0 fully saturated rings. The summed E-state index contributed by atoms with van der Waals surface area (Å²) in [4.78, 5) is 11.1. The maximum Gasteiger partial charge on any atom is 0.338 e. The Morgan fingerprint density at radius 1 is 1.33 bits per heavy atom. The van der Waals surface area contributed by atoms with Gasteiger partial charge in [-0.15, -0.1) is 5.10 Å². The number of carboxylic acid groups (broad SMARTS) is 1. The van der Waals surface area contributed by atoms with Crippen molar-refractivity contribution in [2.45, 2.75) is 0 Å². The molecule has 3 aromatic rings. The summed E-state index contributed by atoms with van der Waals surface area (Å²) in [5, 5.41) is 25.7. The molecule has 0 amide bonds. The fourth-order valence-corrected chi connectivity index (χ4v) is 2.04. The van der Waals surface area contributed by atoms with Gasteiger partial charge in [0.2, 0.25) is 0 Å². The average Bonchev–Trinajstić information content (AvgIpc) is 2.91. The van der Waals surface area contributed by atoms with Crippen LogP contribution in [0.15, 0.2) is 36.4 Å². The van der Waals surface area contributed by atoms with Gasteiger partial charge in [0, 0.05) is 0 Å². The van der Waals surface area contributed by atoms with Gasteiger partial charge < -0.3 is 5.11 Å². The summed E-state index contributed by atoms with van der Waals surface area (Å²) in [6, 6.07) is 10.3. The zero-order valence-electron chi connectivity index (χ0n) is 10.5. The number of aromatic carboxylic acids is 1. The van der Waals surface area contributed by atoms with E-state index in [2.05, 4.69) is 10.3 Å². The SMILES string of the molecule is N#Cc1cc(-n2nnc3c(C(=O)O)cccc32)ccc1F. The second-order valence-corrected chi connectivity index (χ2v) is 4.26. The van der Waals surface area contributed by atoms with E-state index < -0.39 is 11.8 Å². The first kappa shape index (κ1) is 12.7.